The molecule has 0 spiro atoms. The molecule has 4 rings (SSSR count). The van der Waals surface area contributed by atoms with Gasteiger partial charge in [-0.1, -0.05) is 11.2 Å². The SMILES string of the molecule is COc1cccc(OC)c1C(=O)N1CCCCC1c1[nH]ncc1-c1onc(C)c1C. The van der Waals surface area contributed by atoms with Crippen molar-refractivity contribution in [2.75, 3.05) is 20.8 Å². The zero-order chi connectivity index (χ0) is 21.3. The van der Waals surface area contributed by atoms with Crippen LogP contribution in [0, 0.1) is 13.8 Å². The highest BCUT2D eigenvalue weighted by molar-refractivity contribution is 6.00. The summed E-state index contributed by atoms with van der Waals surface area (Å²) < 4.78 is 16.5. The van der Waals surface area contributed by atoms with Crippen LogP contribution in [0.15, 0.2) is 28.9 Å². The van der Waals surface area contributed by atoms with Gasteiger partial charge in [0.2, 0.25) is 0 Å². The van der Waals surface area contributed by atoms with Crippen molar-refractivity contribution in [3.05, 3.63) is 46.9 Å². The van der Waals surface area contributed by atoms with E-state index in [9.17, 15) is 4.79 Å². The van der Waals surface area contributed by atoms with E-state index in [4.69, 9.17) is 14.0 Å². The van der Waals surface area contributed by atoms with Crippen LogP contribution in [-0.4, -0.2) is 46.9 Å². The summed E-state index contributed by atoms with van der Waals surface area (Å²) in [4.78, 5) is 15.6. The first-order chi connectivity index (χ1) is 14.6. The van der Waals surface area contributed by atoms with Crippen molar-refractivity contribution in [2.24, 2.45) is 0 Å². The van der Waals surface area contributed by atoms with E-state index in [1.54, 1.807) is 32.5 Å². The molecule has 1 unspecified atom stereocenters. The van der Waals surface area contributed by atoms with Crippen LogP contribution >= 0.6 is 0 Å². The molecule has 1 atom stereocenters. The number of H-pyrrole nitrogens is 1. The average molecular weight is 410 g/mol. The zero-order valence-electron chi connectivity index (χ0n) is 17.7. The maximum Gasteiger partial charge on any atom is 0.261 e. The Morgan fingerprint density at radius 1 is 1.20 bits per heavy atom. The van der Waals surface area contributed by atoms with Crippen LogP contribution in [0.3, 0.4) is 0 Å². The van der Waals surface area contributed by atoms with Crippen LogP contribution < -0.4 is 9.47 Å². The number of amides is 1. The molecule has 1 aliphatic heterocycles. The van der Waals surface area contributed by atoms with E-state index in [0.29, 0.717) is 29.4 Å². The molecule has 1 N–H and O–H groups in total. The molecule has 1 aliphatic rings. The second kappa shape index (κ2) is 8.22. The van der Waals surface area contributed by atoms with Crippen molar-refractivity contribution in [1.82, 2.24) is 20.3 Å². The van der Waals surface area contributed by atoms with Gasteiger partial charge in [0.1, 0.15) is 17.1 Å². The Kier molecular flexibility index (Phi) is 5.48. The molecule has 0 radical (unpaired) electrons. The second-order valence-electron chi connectivity index (χ2n) is 7.47. The fourth-order valence-corrected chi connectivity index (χ4v) is 4.08. The fraction of sp³-hybridized carbons (Fsp3) is 0.409. The molecule has 0 aliphatic carbocycles. The van der Waals surface area contributed by atoms with Gasteiger partial charge in [0, 0.05) is 12.1 Å². The van der Waals surface area contributed by atoms with Crippen molar-refractivity contribution >= 4 is 5.91 Å². The number of aromatic amines is 1. The molecule has 158 valence electrons. The minimum atomic E-state index is -0.164. The van der Waals surface area contributed by atoms with Gasteiger partial charge in [-0.3, -0.25) is 9.89 Å². The topological polar surface area (TPSA) is 93.5 Å². The number of rotatable bonds is 5. The molecule has 8 heteroatoms. The van der Waals surface area contributed by atoms with Gasteiger partial charge >= 0.3 is 0 Å². The van der Waals surface area contributed by atoms with E-state index in [-0.39, 0.29) is 11.9 Å². The highest BCUT2D eigenvalue weighted by Gasteiger charge is 2.35. The van der Waals surface area contributed by atoms with Crippen molar-refractivity contribution in [3.63, 3.8) is 0 Å². The lowest BCUT2D eigenvalue weighted by molar-refractivity contribution is 0.0599. The number of carbonyl (C=O) groups excluding carboxylic acids is 1. The maximum absolute atomic E-state index is 13.7. The van der Waals surface area contributed by atoms with E-state index in [1.807, 2.05) is 24.8 Å². The quantitative estimate of drug-likeness (QED) is 0.682. The molecule has 1 aromatic carbocycles. The second-order valence-corrected chi connectivity index (χ2v) is 7.47. The number of hydrogen-bond acceptors (Lipinski definition) is 6. The third-order valence-corrected chi connectivity index (χ3v) is 5.81. The predicted molar refractivity (Wildman–Crippen MR) is 111 cm³/mol. The first kappa shape index (κ1) is 20.0. The van der Waals surface area contributed by atoms with E-state index in [1.165, 1.54) is 0 Å². The largest absolute Gasteiger partial charge is 0.496 e. The summed E-state index contributed by atoms with van der Waals surface area (Å²) >= 11 is 0. The summed E-state index contributed by atoms with van der Waals surface area (Å²) in [5.74, 6) is 1.55. The van der Waals surface area contributed by atoms with E-state index in [2.05, 4.69) is 15.4 Å². The summed E-state index contributed by atoms with van der Waals surface area (Å²) in [5.41, 5.74) is 3.94. The lowest BCUT2D eigenvalue weighted by Crippen LogP contribution is -2.39. The Morgan fingerprint density at radius 3 is 2.57 bits per heavy atom. The number of piperidine rings is 1. The van der Waals surface area contributed by atoms with Gasteiger partial charge in [-0.05, 0) is 45.2 Å². The van der Waals surface area contributed by atoms with E-state index >= 15 is 0 Å². The molecule has 30 heavy (non-hydrogen) atoms. The van der Waals surface area contributed by atoms with Gasteiger partial charge in [-0.15, -0.1) is 0 Å². The van der Waals surface area contributed by atoms with Crippen molar-refractivity contribution in [2.45, 2.75) is 39.2 Å². The number of aryl methyl sites for hydroxylation is 1. The van der Waals surface area contributed by atoms with Gasteiger partial charge in [0.25, 0.3) is 5.91 Å². The summed E-state index contributed by atoms with van der Waals surface area (Å²) in [6.07, 6.45) is 4.52. The Balaban J connectivity index is 1.75. The normalized spacial score (nSPS) is 16.5. The van der Waals surface area contributed by atoms with Gasteiger partial charge in [-0.25, -0.2) is 0 Å². The van der Waals surface area contributed by atoms with Gasteiger partial charge in [-0.2, -0.15) is 5.10 Å². The van der Waals surface area contributed by atoms with Crippen molar-refractivity contribution in [3.8, 4) is 22.8 Å². The maximum atomic E-state index is 13.7. The van der Waals surface area contributed by atoms with Gasteiger partial charge in [0.15, 0.2) is 5.76 Å². The summed E-state index contributed by atoms with van der Waals surface area (Å²) in [6, 6.07) is 5.20. The number of ether oxygens (including phenoxy) is 2. The highest BCUT2D eigenvalue weighted by atomic mass is 16.5. The van der Waals surface area contributed by atoms with Crippen LogP contribution in [0.25, 0.3) is 11.3 Å². The molecule has 1 fully saturated rings. The van der Waals surface area contributed by atoms with Crippen molar-refractivity contribution < 1.29 is 18.8 Å². The number of methoxy groups -OCH3 is 2. The zero-order valence-corrected chi connectivity index (χ0v) is 17.7. The summed E-state index contributed by atoms with van der Waals surface area (Å²) in [5, 5.41) is 11.4. The first-order valence-electron chi connectivity index (χ1n) is 10.0. The molecule has 8 nitrogen and oxygen atoms in total. The number of carbonyl (C=O) groups is 1. The lowest BCUT2D eigenvalue weighted by atomic mass is 9.94. The Hall–Kier alpha value is -3.29. The van der Waals surface area contributed by atoms with E-state index in [0.717, 1.165) is 41.8 Å². The van der Waals surface area contributed by atoms with Crippen LogP contribution in [0.1, 0.15) is 52.6 Å². The van der Waals surface area contributed by atoms with Crippen LogP contribution in [0.5, 0.6) is 11.5 Å². The smallest absolute Gasteiger partial charge is 0.261 e. The number of benzene rings is 1. The van der Waals surface area contributed by atoms with Crippen molar-refractivity contribution in [1.29, 1.82) is 0 Å². The van der Waals surface area contributed by atoms with Crippen LogP contribution in [0.4, 0.5) is 0 Å². The Labute approximate surface area is 175 Å². The number of nitrogens with one attached hydrogen (secondary N) is 1. The Morgan fingerprint density at radius 2 is 1.93 bits per heavy atom. The molecule has 1 saturated heterocycles. The minimum absolute atomic E-state index is 0.125. The standard InChI is InChI=1S/C22H26N4O4/c1-13-14(2)25-30-21(13)15-12-23-24-20(15)16-8-5-6-11-26(16)22(27)19-17(28-3)9-7-10-18(19)29-4/h7,9-10,12,16H,5-6,8,11H2,1-4H3,(H,23,24). The molecule has 3 aromatic rings. The van der Waals surface area contributed by atoms with Gasteiger partial charge in [0.05, 0.1) is 43.4 Å². The highest BCUT2D eigenvalue weighted by Crippen LogP contribution is 2.39. The molecular formula is C22H26N4O4. The molecule has 0 saturated carbocycles. The third kappa shape index (κ3) is 3.32. The van der Waals surface area contributed by atoms with Crippen LogP contribution in [-0.2, 0) is 0 Å². The predicted octanol–water partition coefficient (Wildman–Crippen LogP) is 4.07. The van der Waals surface area contributed by atoms with Crippen LogP contribution in [0.2, 0.25) is 0 Å². The monoisotopic (exact) mass is 410 g/mol. The molecule has 2 aromatic heterocycles. The first-order valence-corrected chi connectivity index (χ1v) is 10.0. The van der Waals surface area contributed by atoms with E-state index < -0.39 is 0 Å². The number of likely N-dealkylation sites (tertiary alicyclic amines) is 1. The number of aromatic nitrogens is 3. The van der Waals surface area contributed by atoms with Gasteiger partial charge < -0.3 is 18.9 Å². The Bertz CT molecular complexity index is 1030. The molecule has 3 heterocycles. The molecule has 1 amide bonds. The summed E-state index contributed by atoms with van der Waals surface area (Å²) in [6.45, 7) is 4.52. The average Bonchev–Trinajstić information content (AvgIpc) is 3.39. The lowest BCUT2D eigenvalue weighted by Gasteiger charge is -2.36. The number of hydrogen-bond donors (Lipinski definition) is 1. The molecular weight excluding hydrogens is 384 g/mol. The fourth-order valence-electron chi connectivity index (χ4n) is 4.08. The molecule has 0 bridgehead atoms. The summed E-state index contributed by atoms with van der Waals surface area (Å²) in [7, 11) is 3.11. The number of nitrogens with zero attached hydrogens (tertiary/aromatic N) is 3. The minimum Gasteiger partial charge on any atom is -0.496 e. The third-order valence-electron chi connectivity index (χ3n) is 5.81.